The van der Waals surface area contributed by atoms with E-state index < -0.39 is 0 Å². The van der Waals surface area contributed by atoms with Crippen molar-refractivity contribution in [3.63, 3.8) is 0 Å². The van der Waals surface area contributed by atoms with Gasteiger partial charge in [0.15, 0.2) is 0 Å². The maximum absolute atomic E-state index is 4.46. The molecule has 0 bridgehead atoms. The van der Waals surface area contributed by atoms with E-state index in [-0.39, 0.29) is 0 Å². The van der Waals surface area contributed by atoms with Gasteiger partial charge in [0, 0.05) is 18.1 Å². The molecule has 0 spiro atoms. The van der Waals surface area contributed by atoms with Gasteiger partial charge in [0.05, 0.1) is 0 Å². The van der Waals surface area contributed by atoms with Crippen molar-refractivity contribution >= 4 is 5.65 Å². The highest BCUT2D eigenvalue weighted by Gasteiger charge is 2.34. The van der Waals surface area contributed by atoms with Crippen molar-refractivity contribution in [3.05, 3.63) is 35.3 Å². The molecule has 4 rings (SSSR count). The number of pyridine rings is 1. The largest absolute Gasteiger partial charge is 0.304 e. The zero-order valence-electron chi connectivity index (χ0n) is 12.3. The van der Waals surface area contributed by atoms with Crippen molar-refractivity contribution in [1.29, 1.82) is 0 Å². The molecular formula is C17H24N2. The van der Waals surface area contributed by atoms with Gasteiger partial charge in [0.25, 0.3) is 0 Å². The third kappa shape index (κ3) is 1.89. The van der Waals surface area contributed by atoms with Crippen LogP contribution in [-0.4, -0.2) is 9.38 Å². The molecule has 19 heavy (non-hydrogen) atoms. The molecule has 1 saturated carbocycles. The van der Waals surface area contributed by atoms with Crippen molar-refractivity contribution in [2.24, 2.45) is 5.92 Å². The monoisotopic (exact) mass is 256 g/mol. The normalized spacial score (nSPS) is 21.7. The summed E-state index contributed by atoms with van der Waals surface area (Å²) in [5, 5.41) is 0. The predicted molar refractivity (Wildman–Crippen MR) is 79.7 cm³/mol. The Bertz CT molecular complexity index is 578. The number of aromatic nitrogens is 2. The van der Waals surface area contributed by atoms with Gasteiger partial charge in [-0.3, -0.25) is 0 Å². The number of rotatable bonds is 1. The van der Waals surface area contributed by atoms with Crippen LogP contribution in [0.25, 0.3) is 5.65 Å². The van der Waals surface area contributed by atoms with Gasteiger partial charge in [0.1, 0.15) is 5.65 Å². The van der Waals surface area contributed by atoms with E-state index in [2.05, 4.69) is 28.6 Å². The average molecular weight is 256 g/mol. The van der Waals surface area contributed by atoms with E-state index in [9.17, 15) is 0 Å². The smallest absolute Gasteiger partial charge is 0.139 e. The highest BCUT2D eigenvalue weighted by molar-refractivity contribution is 5.53. The zero-order valence-corrected chi connectivity index (χ0v) is 12.3. The van der Waals surface area contributed by atoms with Gasteiger partial charge < -0.3 is 4.40 Å². The van der Waals surface area contributed by atoms with E-state index in [4.69, 9.17) is 0 Å². The summed E-state index contributed by atoms with van der Waals surface area (Å²) in [6.07, 6.45) is 11.0. The third-order valence-corrected chi connectivity index (χ3v) is 4.80. The van der Waals surface area contributed by atoms with E-state index in [0.717, 1.165) is 17.5 Å². The molecule has 2 heterocycles. The number of hydrogen-bond donors (Lipinski definition) is 0. The van der Waals surface area contributed by atoms with E-state index in [0.29, 0.717) is 0 Å². The Kier molecular flexibility index (Phi) is 3.34. The van der Waals surface area contributed by atoms with Crippen molar-refractivity contribution in [2.45, 2.75) is 58.8 Å². The molecule has 2 nitrogen and oxygen atoms in total. The fourth-order valence-corrected chi connectivity index (χ4v) is 3.70. The van der Waals surface area contributed by atoms with Crippen LogP contribution in [0.5, 0.6) is 0 Å². The maximum atomic E-state index is 4.46. The molecule has 102 valence electrons. The van der Waals surface area contributed by atoms with Gasteiger partial charge in [-0.2, -0.15) is 0 Å². The molecule has 1 unspecified atom stereocenters. The first-order chi connectivity index (χ1) is 9.34. The van der Waals surface area contributed by atoms with Gasteiger partial charge >= 0.3 is 0 Å². The first kappa shape index (κ1) is 12.7. The van der Waals surface area contributed by atoms with Crippen molar-refractivity contribution in [3.8, 4) is 0 Å². The summed E-state index contributed by atoms with van der Waals surface area (Å²) in [6, 6.07) is 2.41. The Morgan fingerprint density at radius 1 is 1.21 bits per heavy atom. The molecule has 0 aromatic carbocycles. The summed E-state index contributed by atoms with van der Waals surface area (Å²) in [5.41, 5.74) is 5.63. The Balaban J connectivity index is 0.000000528. The lowest BCUT2D eigenvalue weighted by molar-refractivity contribution is 0.260. The predicted octanol–water partition coefficient (Wildman–Crippen LogP) is 4.50. The topological polar surface area (TPSA) is 17.3 Å². The van der Waals surface area contributed by atoms with E-state index in [1.54, 1.807) is 5.56 Å². The molecule has 2 aromatic rings. The molecule has 2 aliphatic rings. The lowest BCUT2D eigenvalue weighted by Gasteiger charge is -2.32. The Labute approximate surface area is 115 Å². The lowest BCUT2D eigenvalue weighted by atomic mass is 9.73. The summed E-state index contributed by atoms with van der Waals surface area (Å²) < 4.78 is 2.32. The quantitative estimate of drug-likeness (QED) is 0.734. The van der Waals surface area contributed by atoms with Crippen LogP contribution >= 0.6 is 0 Å². The van der Waals surface area contributed by atoms with Gasteiger partial charge in [0.2, 0.25) is 0 Å². The fraction of sp³-hybridized carbons (Fsp3) is 0.588. The van der Waals surface area contributed by atoms with Crippen molar-refractivity contribution < 1.29 is 0 Å². The van der Waals surface area contributed by atoms with E-state index >= 15 is 0 Å². The minimum absolute atomic E-state index is 0.837. The van der Waals surface area contributed by atoms with Crippen LogP contribution in [0, 0.1) is 12.8 Å². The third-order valence-electron chi connectivity index (χ3n) is 4.80. The van der Waals surface area contributed by atoms with Crippen molar-refractivity contribution in [2.75, 3.05) is 0 Å². The standard InChI is InChI=1S/C15H18N2.C2H6/c1-10-9-13-12(11-3-2-4-11)5-6-14(13)17-8-7-16-15(10)17;1-2/h7-9,11-12H,2-6H2,1H3;1-2H3. The lowest BCUT2D eigenvalue weighted by Crippen LogP contribution is -2.18. The number of imidazole rings is 1. The fourth-order valence-electron chi connectivity index (χ4n) is 3.70. The minimum atomic E-state index is 0.837. The molecule has 0 amide bonds. The Hall–Kier alpha value is -1.31. The second-order valence-electron chi connectivity index (χ2n) is 5.69. The zero-order chi connectivity index (χ0) is 13.4. The van der Waals surface area contributed by atoms with Crippen LogP contribution in [0.3, 0.4) is 0 Å². The highest BCUT2D eigenvalue weighted by Crippen LogP contribution is 2.46. The van der Waals surface area contributed by atoms with E-state index in [1.807, 2.05) is 20.0 Å². The summed E-state index contributed by atoms with van der Waals surface area (Å²) in [4.78, 5) is 4.46. The van der Waals surface area contributed by atoms with Crippen LogP contribution in [0.4, 0.5) is 0 Å². The van der Waals surface area contributed by atoms with Crippen LogP contribution in [0.15, 0.2) is 18.5 Å². The molecule has 0 N–H and O–H groups in total. The average Bonchev–Trinajstić information content (AvgIpc) is 2.97. The number of hydrogen-bond acceptors (Lipinski definition) is 1. The van der Waals surface area contributed by atoms with Gasteiger partial charge in [-0.05, 0) is 55.6 Å². The molecule has 0 aliphatic heterocycles. The van der Waals surface area contributed by atoms with Crippen LogP contribution < -0.4 is 0 Å². The summed E-state index contributed by atoms with van der Waals surface area (Å²) >= 11 is 0. The summed E-state index contributed by atoms with van der Waals surface area (Å²) in [7, 11) is 0. The molecule has 1 atom stereocenters. The molecule has 2 aromatic heterocycles. The molecule has 0 radical (unpaired) electrons. The number of fused-ring (bicyclic) bond motifs is 3. The molecular weight excluding hydrogens is 232 g/mol. The number of aryl methyl sites for hydroxylation is 2. The molecule has 2 heteroatoms. The molecule has 1 fully saturated rings. The Morgan fingerprint density at radius 2 is 2.00 bits per heavy atom. The highest BCUT2D eigenvalue weighted by atomic mass is 15.0. The first-order valence-electron chi connectivity index (χ1n) is 7.80. The maximum Gasteiger partial charge on any atom is 0.139 e. The SMILES string of the molecule is CC.Cc1cc2c(n3ccnc13)CCC2C1CCC1. The second kappa shape index (κ2) is 4.99. The Morgan fingerprint density at radius 3 is 2.68 bits per heavy atom. The number of nitrogens with zero attached hydrogens (tertiary/aromatic N) is 2. The molecule has 2 aliphatic carbocycles. The summed E-state index contributed by atoms with van der Waals surface area (Å²) in [6.45, 7) is 6.19. The van der Waals surface area contributed by atoms with Gasteiger partial charge in [-0.25, -0.2) is 4.98 Å². The second-order valence-corrected chi connectivity index (χ2v) is 5.69. The van der Waals surface area contributed by atoms with Gasteiger partial charge in [-0.1, -0.05) is 26.3 Å². The minimum Gasteiger partial charge on any atom is -0.304 e. The van der Waals surface area contributed by atoms with Gasteiger partial charge in [-0.15, -0.1) is 0 Å². The first-order valence-corrected chi connectivity index (χ1v) is 7.80. The van der Waals surface area contributed by atoms with Crippen LogP contribution in [0.2, 0.25) is 0 Å². The summed E-state index contributed by atoms with van der Waals surface area (Å²) in [5.74, 6) is 1.81. The van der Waals surface area contributed by atoms with Crippen LogP contribution in [-0.2, 0) is 6.42 Å². The van der Waals surface area contributed by atoms with Crippen LogP contribution in [0.1, 0.15) is 62.3 Å². The van der Waals surface area contributed by atoms with Crippen molar-refractivity contribution in [1.82, 2.24) is 9.38 Å². The van der Waals surface area contributed by atoms with E-state index in [1.165, 1.54) is 43.4 Å². The molecule has 0 saturated heterocycles.